The second-order valence-corrected chi connectivity index (χ2v) is 9.24. The number of rotatable bonds is 5. The van der Waals surface area contributed by atoms with E-state index in [0.717, 1.165) is 16.8 Å². The molecule has 0 saturated heterocycles. The van der Waals surface area contributed by atoms with Crippen molar-refractivity contribution >= 4 is 51.6 Å². The van der Waals surface area contributed by atoms with Crippen LogP contribution < -0.4 is 10.9 Å². The van der Waals surface area contributed by atoms with Gasteiger partial charge in [-0.05, 0) is 55.3 Å². The van der Waals surface area contributed by atoms with Gasteiger partial charge in [-0.1, -0.05) is 59.8 Å². The monoisotopic (exact) mass is 489 g/mol. The topological polar surface area (TPSA) is 81.3 Å². The number of anilines is 1. The Morgan fingerprint density at radius 3 is 2.50 bits per heavy atom. The van der Waals surface area contributed by atoms with Gasteiger partial charge < -0.3 is 5.32 Å². The van der Waals surface area contributed by atoms with Crippen LogP contribution in [0.15, 0.2) is 76.7 Å². The van der Waals surface area contributed by atoms with Crippen LogP contribution >= 0.6 is 23.4 Å². The Balaban J connectivity index is 1.59. The van der Waals surface area contributed by atoms with Crippen molar-refractivity contribution in [1.82, 2.24) is 19.2 Å². The number of hydrogen-bond donors (Lipinski definition) is 1. The van der Waals surface area contributed by atoms with E-state index in [1.165, 1.54) is 11.8 Å². The maximum atomic E-state index is 13.6. The van der Waals surface area contributed by atoms with Gasteiger partial charge in [0, 0.05) is 10.7 Å². The Hall–Kier alpha value is -3.62. The van der Waals surface area contributed by atoms with Crippen LogP contribution in [-0.4, -0.2) is 30.8 Å². The second kappa shape index (κ2) is 8.96. The van der Waals surface area contributed by atoms with Crippen molar-refractivity contribution in [2.75, 3.05) is 11.1 Å². The predicted molar refractivity (Wildman–Crippen MR) is 136 cm³/mol. The highest BCUT2D eigenvalue weighted by Gasteiger charge is 2.20. The summed E-state index contributed by atoms with van der Waals surface area (Å²) in [5, 5.41) is 13.2. The zero-order valence-electron chi connectivity index (χ0n) is 18.4. The number of benzene rings is 3. The molecule has 0 saturated carbocycles. The summed E-state index contributed by atoms with van der Waals surface area (Å²) in [5.74, 6) is 0.319. The van der Waals surface area contributed by atoms with Crippen LogP contribution in [0.3, 0.4) is 0 Å². The van der Waals surface area contributed by atoms with E-state index >= 15 is 0 Å². The maximum Gasteiger partial charge on any atom is 0.267 e. The molecular formula is C25H20ClN5O2S. The summed E-state index contributed by atoms with van der Waals surface area (Å²) in [4.78, 5) is 26.1. The average Bonchev–Trinajstić information content (AvgIpc) is 3.23. The van der Waals surface area contributed by atoms with Gasteiger partial charge in [0.15, 0.2) is 5.16 Å². The Bertz CT molecular complexity index is 1610. The molecule has 34 heavy (non-hydrogen) atoms. The molecule has 2 aromatic heterocycles. The summed E-state index contributed by atoms with van der Waals surface area (Å²) < 4.78 is 3.44. The Kier molecular flexibility index (Phi) is 5.85. The minimum absolute atomic E-state index is 0.115. The van der Waals surface area contributed by atoms with Gasteiger partial charge in [0.2, 0.25) is 11.7 Å². The number of fused-ring (bicyclic) bond motifs is 3. The van der Waals surface area contributed by atoms with Crippen LogP contribution in [0.25, 0.3) is 22.4 Å². The summed E-state index contributed by atoms with van der Waals surface area (Å²) in [6.07, 6.45) is 0. The molecule has 0 aliphatic carbocycles. The van der Waals surface area contributed by atoms with Crippen LogP contribution in [-0.2, 0) is 4.79 Å². The molecule has 2 heterocycles. The number of halogens is 1. The van der Waals surface area contributed by atoms with Crippen LogP contribution in [0.1, 0.15) is 11.1 Å². The van der Waals surface area contributed by atoms with Crippen molar-refractivity contribution < 1.29 is 4.79 Å². The smallest absolute Gasteiger partial charge is 0.267 e. The molecule has 0 radical (unpaired) electrons. The summed E-state index contributed by atoms with van der Waals surface area (Å²) in [6.45, 7) is 3.93. The van der Waals surface area contributed by atoms with Crippen LogP contribution in [0.4, 0.5) is 5.69 Å². The first-order valence-electron chi connectivity index (χ1n) is 10.6. The zero-order valence-corrected chi connectivity index (χ0v) is 20.0. The maximum absolute atomic E-state index is 13.6. The molecule has 5 aromatic rings. The first-order valence-corrected chi connectivity index (χ1v) is 11.9. The molecule has 170 valence electrons. The summed E-state index contributed by atoms with van der Waals surface area (Å²) in [5.41, 5.74) is 3.84. The third-order valence-corrected chi connectivity index (χ3v) is 6.66. The van der Waals surface area contributed by atoms with E-state index in [1.807, 2.05) is 54.6 Å². The number of thioether (sulfide) groups is 1. The lowest BCUT2D eigenvalue weighted by atomic mass is 10.1. The minimum atomic E-state index is -0.198. The number of amides is 1. The second-order valence-electron chi connectivity index (χ2n) is 7.86. The van der Waals surface area contributed by atoms with E-state index in [4.69, 9.17) is 11.6 Å². The number of hydrogen-bond acceptors (Lipinski definition) is 5. The van der Waals surface area contributed by atoms with Gasteiger partial charge >= 0.3 is 0 Å². The van der Waals surface area contributed by atoms with E-state index < -0.39 is 0 Å². The first kappa shape index (κ1) is 22.2. The van der Waals surface area contributed by atoms with Gasteiger partial charge in [-0.25, -0.2) is 4.57 Å². The van der Waals surface area contributed by atoms with Crippen molar-refractivity contribution in [3.05, 3.63) is 93.2 Å². The molecular weight excluding hydrogens is 470 g/mol. The van der Waals surface area contributed by atoms with Gasteiger partial charge in [-0.2, -0.15) is 0 Å². The Morgan fingerprint density at radius 2 is 1.74 bits per heavy atom. The predicted octanol–water partition coefficient (Wildman–Crippen LogP) is 5.03. The number of nitrogens with one attached hydrogen (secondary N) is 1. The first-order chi connectivity index (χ1) is 16.4. The fourth-order valence-corrected chi connectivity index (χ4v) is 4.96. The van der Waals surface area contributed by atoms with Gasteiger partial charge in [0.25, 0.3) is 5.56 Å². The lowest BCUT2D eigenvalue weighted by Gasteiger charge is -2.15. The summed E-state index contributed by atoms with van der Waals surface area (Å²) in [6, 6.07) is 20.2. The van der Waals surface area contributed by atoms with Crippen molar-refractivity contribution in [3.63, 3.8) is 0 Å². The van der Waals surface area contributed by atoms with Gasteiger partial charge in [0.05, 0.1) is 22.3 Å². The molecule has 5 rings (SSSR count). The normalized spacial score (nSPS) is 11.3. The standard InChI is InChI=1S/C25H20ClN5O2S/c1-15-7-5-8-16(2)22(15)31-23(33)19-11-3-4-12-20(19)30-24(31)28-29-25(30)34-14-21(32)27-18-10-6-9-17(26)13-18/h3-13H,14H2,1-2H3,(H,27,32). The zero-order chi connectivity index (χ0) is 23.8. The molecule has 0 atom stereocenters. The lowest BCUT2D eigenvalue weighted by Crippen LogP contribution is -2.23. The molecule has 0 aliphatic rings. The van der Waals surface area contributed by atoms with Crippen LogP contribution in [0.2, 0.25) is 5.02 Å². The number of para-hydroxylation sites is 2. The SMILES string of the molecule is Cc1cccc(C)c1-n1c(=O)c2ccccc2n2c(SCC(=O)Nc3cccc(Cl)c3)nnc12. The number of nitrogens with zero attached hydrogens (tertiary/aromatic N) is 4. The Morgan fingerprint density at radius 1 is 1.00 bits per heavy atom. The molecule has 1 amide bonds. The van der Waals surface area contributed by atoms with Crippen molar-refractivity contribution in [3.8, 4) is 5.69 Å². The molecule has 9 heteroatoms. The highest BCUT2D eigenvalue weighted by atomic mass is 35.5. The number of carbonyl (C=O) groups is 1. The van der Waals surface area contributed by atoms with Gasteiger partial charge in [-0.3, -0.25) is 14.0 Å². The van der Waals surface area contributed by atoms with Crippen molar-refractivity contribution in [2.45, 2.75) is 19.0 Å². The molecule has 0 unspecified atom stereocenters. The third-order valence-electron chi connectivity index (χ3n) is 5.50. The highest BCUT2D eigenvalue weighted by Crippen LogP contribution is 2.26. The third kappa shape index (κ3) is 3.95. The van der Waals surface area contributed by atoms with E-state index in [-0.39, 0.29) is 17.2 Å². The largest absolute Gasteiger partial charge is 0.325 e. The summed E-state index contributed by atoms with van der Waals surface area (Å²) >= 11 is 7.25. The van der Waals surface area contributed by atoms with E-state index in [2.05, 4.69) is 15.5 Å². The molecule has 0 fully saturated rings. The number of aryl methyl sites for hydroxylation is 2. The van der Waals surface area contributed by atoms with Crippen LogP contribution in [0, 0.1) is 13.8 Å². The van der Waals surface area contributed by atoms with Gasteiger partial charge in [-0.15, -0.1) is 10.2 Å². The Labute approximate surface area is 204 Å². The fraction of sp³-hybridized carbons (Fsp3) is 0.120. The van der Waals surface area contributed by atoms with Gasteiger partial charge in [0.1, 0.15) is 0 Å². The number of aromatic nitrogens is 4. The molecule has 0 bridgehead atoms. The molecule has 7 nitrogen and oxygen atoms in total. The van der Waals surface area contributed by atoms with Crippen LogP contribution in [0.5, 0.6) is 0 Å². The lowest BCUT2D eigenvalue weighted by molar-refractivity contribution is -0.113. The molecule has 0 spiro atoms. The van der Waals surface area contributed by atoms with E-state index in [0.29, 0.717) is 32.5 Å². The van der Waals surface area contributed by atoms with E-state index in [9.17, 15) is 9.59 Å². The molecule has 1 N–H and O–H groups in total. The molecule has 0 aliphatic heterocycles. The fourth-order valence-electron chi connectivity index (χ4n) is 4.03. The minimum Gasteiger partial charge on any atom is -0.325 e. The quantitative estimate of drug-likeness (QED) is 0.350. The number of carbonyl (C=O) groups excluding carboxylic acids is 1. The average molecular weight is 490 g/mol. The van der Waals surface area contributed by atoms with Crippen molar-refractivity contribution in [1.29, 1.82) is 0 Å². The highest BCUT2D eigenvalue weighted by molar-refractivity contribution is 7.99. The van der Waals surface area contributed by atoms with Crippen molar-refractivity contribution in [2.24, 2.45) is 0 Å². The molecule has 3 aromatic carbocycles. The van der Waals surface area contributed by atoms with E-state index in [1.54, 1.807) is 34.9 Å². The summed E-state index contributed by atoms with van der Waals surface area (Å²) in [7, 11) is 0.